The first-order chi connectivity index (χ1) is 10.4. The van der Waals surface area contributed by atoms with Gasteiger partial charge in [0.15, 0.2) is 0 Å². The van der Waals surface area contributed by atoms with E-state index >= 15 is 0 Å². The van der Waals surface area contributed by atoms with Gasteiger partial charge in [0.05, 0.1) is 12.5 Å². The fourth-order valence-corrected chi connectivity index (χ4v) is 3.47. The summed E-state index contributed by atoms with van der Waals surface area (Å²) in [6, 6.07) is 7.53. The molecule has 1 aromatic rings. The Balaban J connectivity index is 1.84. The van der Waals surface area contributed by atoms with Gasteiger partial charge >= 0.3 is 11.9 Å². The van der Waals surface area contributed by atoms with Crippen molar-refractivity contribution < 1.29 is 24.5 Å². The molecule has 6 nitrogen and oxygen atoms in total. The van der Waals surface area contributed by atoms with Crippen LogP contribution in [-0.4, -0.2) is 34.3 Å². The van der Waals surface area contributed by atoms with Gasteiger partial charge in [-0.1, -0.05) is 18.2 Å². The maximum atomic E-state index is 11.7. The van der Waals surface area contributed by atoms with Gasteiger partial charge in [0.1, 0.15) is 11.3 Å². The minimum absolute atomic E-state index is 0.0268. The van der Waals surface area contributed by atoms with Crippen molar-refractivity contribution in [1.29, 1.82) is 0 Å². The summed E-state index contributed by atoms with van der Waals surface area (Å²) in [6.07, 6.45) is 1.26. The van der Waals surface area contributed by atoms with Crippen molar-refractivity contribution in [3.63, 3.8) is 0 Å². The van der Waals surface area contributed by atoms with Gasteiger partial charge in [-0.15, -0.1) is 0 Å². The minimum atomic E-state index is -1.50. The molecule has 2 unspecified atom stereocenters. The van der Waals surface area contributed by atoms with Gasteiger partial charge < -0.3 is 20.7 Å². The zero-order chi connectivity index (χ0) is 15.9. The number of hydrogen-bond donors (Lipinski definition) is 3. The number of hydrogen-bond acceptors (Lipinski definition) is 4. The van der Waals surface area contributed by atoms with Crippen molar-refractivity contribution >= 4 is 11.9 Å². The molecule has 118 valence electrons. The number of carbonyl (C=O) groups is 2. The number of rotatable bonds is 5. The van der Waals surface area contributed by atoms with E-state index < -0.39 is 29.3 Å². The predicted octanol–water partition coefficient (Wildman–Crippen LogP) is 1.45. The molecule has 0 radical (unpaired) electrons. The Labute approximate surface area is 127 Å². The van der Waals surface area contributed by atoms with E-state index in [0.29, 0.717) is 19.4 Å². The maximum Gasteiger partial charge on any atom is 0.324 e. The molecule has 0 amide bonds. The van der Waals surface area contributed by atoms with Crippen molar-refractivity contribution in [1.82, 2.24) is 0 Å². The number of carboxylic acid groups (broad SMARTS) is 2. The first-order valence-electron chi connectivity index (χ1n) is 7.40. The van der Waals surface area contributed by atoms with Crippen LogP contribution in [-0.2, 0) is 9.59 Å². The zero-order valence-corrected chi connectivity index (χ0v) is 12.1. The smallest absolute Gasteiger partial charge is 0.324 e. The van der Waals surface area contributed by atoms with Crippen LogP contribution in [0.3, 0.4) is 0 Å². The highest BCUT2D eigenvalue weighted by molar-refractivity contribution is 5.83. The average molecular weight is 305 g/mol. The molecule has 6 heteroatoms. The van der Waals surface area contributed by atoms with E-state index in [1.165, 1.54) is 0 Å². The van der Waals surface area contributed by atoms with Gasteiger partial charge in [-0.3, -0.25) is 9.59 Å². The molecule has 0 bridgehead atoms. The fraction of sp³-hybridized carbons (Fsp3) is 0.500. The predicted molar refractivity (Wildman–Crippen MR) is 77.7 cm³/mol. The van der Waals surface area contributed by atoms with E-state index in [2.05, 4.69) is 0 Å². The largest absolute Gasteiger partial charge is 0.493 e. The van der Waals surface area contributed by atoms with Crippen LogP contribution in [0.25, 0.3) is 0 Å². The third kappa shape index (κ3) is 2.43. The van der Waals surface area contributed by atoms with Crippen LogP contribution in [0.5, 0.6) is 5.75 Å². The Morgan fingerprint density at radius 1 is 1.32 bits per heavy atom. The van der Waals surface area contributed by atoms with Crippen molar-refractivity contribution in [2.75, 3.05) is 6.61 Å². The summed E-state index contributed by atoms with van der Waals surface area (Å²) in [7, 11) is 0. The standard InChI is InChI=1S/C16H19NO5/c17-16(15(20)21,12-7-11(12)14(18)19)8-9-5-6-22-13-4-2-1-3-10(9)13/h1-4,9,11-12H,5-8,17H2,(H,18,19)(H,20,21)/t9?,11-,12?,16+/m0/s1. The van der Waals surface area contributed by atoms with Gasteiger partial charge in [-0.05, 0) is 36.8 Å². The van der Waals surface area contributed by atoms with Crippen LogP contribution in [0.4, 0.5) is 0 Å². The number of aliphatic carboxylic acids is 2. The van der Waals surface area contributed by atoms with E-state index in [1.807, 2.05) is 24.3 Å². The van der Waals surface area contributed by atoms with Crippen LogP contribution in [0.2, 0.25) is 0 Å². The second kappa shape index (κ2) is 5.28. The van der Waals surface area contributed by atoms with Gasteiger partial charge in [0.2, 0.25) is 0 Å². The van der Waals surface area contributed by atoms with Crippen molar-refractivity contribution in [3.05, 3.63) is 29.8 Å². The molecule has 4 atom stereocenters. The summed E-state index contributed by atoms with van der Waals surface area (Å²) >= 11 is 0. The first-order valence-corrected chi connectivity index (χ1v) is 7.40. The normalized spacial score (nSPS) is 28.9. The van der Waals surface area contributed by atoms with Crippen LogP contribution >= 0.6 is 0 Å². The molecule has 1 aromatic carbocycles. The molecule has 1 heterocycles. The van der Waals surface area contributed by atoms with E-state index in [-0.39, 0.29) is 12.3 Å². The highest BCUT2D eigenvalue weighted by Gasteiger charge is 2.59. The first kappa shape index (κ1) is 14.8. The number of carboxylic acids is 2. The lowest BCUT2D eigenvalue weighted by Gasteiger charge is -2.33. The molecule has 1 fully saturated rings. The molecule has 3 rings (SSSR count). The SMILES string of the molecule is N[C@@](CC1CCOc2ccccc21)(C(=O)O)C1C[C@@H]1C(=O)O. The van der Waals surface area contributed by atoms with Crippen molar-refractivity contribution in [2.24, 2.45) is 17.6 Å². The molecule has 22 heavy (non-hydrogen) atoms. The summed E-state index contributed by atoms with van der Waals surface area (Å²) in [5.74, 6) is -2.49. The lowest BCUT2D eigenvalue weighted by atomic mass is 9.78. The molecular formula is C16H19NO5. The number of benzene rings is 1. The van der Waals surface area contributed by atoms with E-state index in [1.54, 1.807) is 0 Å². The number of ether oxygens (including phenoxy) is 1. The molecule has 1 aliphatic carbocycles. The minimum Gasteiger partial charge on any atom is -0.493 e. The number of fused-ring (bicyclic) bond motifs is 1. The second-order valence-corrected chi connectivity index (χ2v) is 6.21. The summed E-state index contributed by atoms with van der Waals surface area (Å²) in [5, 5.41) is 18.6. The molecule has 2 aliphatic rings. The summed E-state index contributed by atoms with van der Waals surface area (Å²) in [4.78, 5) is 22.8. The van der Waals surface area contributed by atoms with Crippen LogP contribution < -0.4 is 10.5 Å². The number of nitrogens with two attached hydrogens (primary N) is 1. The van der Waals surface area contributed by atoms with Crippen molar-refractivity contribution in [2.45, 2.75) is 30.7 Å². The highest BCUT2D eigenvalue weighted by Crippen LogP contribution is 2.50. The molecule has 0 saturated heterocycles. The third-order valence-corrected chi connectivity index (χ3v) is 4.83. The molecule has 4 N–H and O–H groups in total. The number of para-hydroxylation sites is 1. The molecule has 1 aliphatic heterocycles. The maximum absolute atomic E-state index is 11.7. The summed E-state index contributed by atoms with van der Waals surface area (Å²) in [5.41, 5.74) is 5.61. The summed E-state index contributed by atoms with van der Waals surface area (Å²) < 4.78 is 5.58. The Hall–Kier alpha value is -2.08. The molecule has 1 saturated carbocycles. The van der Waals surface area contributed by atoms with Crippen molar-refractivity contribution in [3.8, 4) is 5.75 Å². The molecule has 0 spiro atoms. The lowest BCUT2D eigenvalue weighted by Crippen LogP contribution is -2.52. The van der Waals surface area contributed by atoms with Crippen LogP contribution in [0.1, 0.15) is 30.7 Å². The molecule has 0 aromatic heterocycles. The van der Waals surface area contributed by atoms with Crippen LogP contribution in [0, 0.1) is 11.8 Å². The second-order valence-electron chi connectivity index (χ2n) is 6.21. The van der Waals surface area contributed by atoms with Gasteiger partial charge in [-0.2, -0.15) is 0 Å². The summed E-state index contributed by atoms with van der Waals surface area (Å²) in [6.45, 7) is 0.518. The Morgan fingerprint density at radius 3 is 2.68 bits per heavy atom. The average Bonchev–Trinajstić information content (AvgIpc) is 3.28. The fourth-order valence-electron chi connectivity index (χ4n) is 3.47. The third-order valence-electron chi connectivity index (χ3n) is 4.83. The monoisotopic (exact) mass is 305 g/mol. The van der Waals surface area contributed by atoms with Gasteiger partial charge in [0, 0.05) is 5.92 Å². The lowest BCUT2D eigenvalue weighted by molar-refractivity contribution is -0.145. The zero-order valence-electron chi connectivity index (χ0n) is 12.1. The highest BCUT2D eigenvalue weighted by atomic mass is 16.5. The van der Waals surface area contributed by atoms with E-state index in [4.69, 9.17) is 15.6 Å². The molecular weight excluding hydrogens is 286 g/mol. The van der Waals surface area contributed by atoms with Gasteiger partial charge in [0.25, 0.3) is 0 Å². The van der Waals surface area contributed by atoms with Gasteiger partial charge in [-0.25, -0.2) is 0 Å². The quantitative estimate of drug-likeness (QED) is 0.759. The Kier molecular flexibility index (Phi) is 3.56. The van der Waals surface area contributed by atoms with Crippen LogP contribution in [0.15, 0.2) is 24.3 Å². The topological polar surface area (TPSA) is 110 Å². The van der Waals surface area contributed by atoms with E-state index in [0.717, 1.165) is 11.3 Å². The Bertz CT molecular complexity index is 616. The Morgan fingerprint density at radius 2 is 2.05 bits per heavy atom. The van der Waals surface area contributed by atoms with E-state index in [9.17, 15) is 14.7 Å².